The minimum absolute atomic E-state index is 0.105. The van der Waals surface area contributed by atoms with Crippen LogP contribution in [0.5, 0.6) is 0 Å². The highest BCUT2D eigenvalue weighted by molar-refractivity contribution is 8.18. The van der Waals surface area contributed by atoms with Crippen LogP contribution in [0, 0.1) is 13.8 Å². The van der Waals surface area contributed by atoms with Crippen molar-refractivity contribution in [2.24, 2.45) is 12.0 Å². The number of aromatic nitrogens is 1. The molecule has 130 valence electrons. The second-order valence-corrected chi connectivity index (χ2v) is 7.44. The molecule has 1 aromatic heterocycles. The number of thioether (sulfide) groups is 1. The van der Waals surface area contributed by atoms with Crippen LogP contribution in [0.2, 0.25) is 0 Å². The molecule has 3 aromatic rings. The number of nitrogens with zero attached hydrogens (tertiary/aromatic N) is 2. The van der Waals surface area contributed by atoms with Crippen LogP contribution in [-0.2, 0) is 11.8 Å². The maximum atomic E-state index is 12.4. The molecule has 4 nitrogen and oxygen atoms in total. The minimum atomic E-state index is -0.105. The summed E-state index contributed by atoms with van der Waals surface area (Å²) < 4.78 is 2.07. The Labute approximate surface area is 156 Å². The van der Waals surface area contributed by atoms with Gasteiger partial charge in [-0.25, -0.2) is 4.99 Å². The molecule has 0 saturated carbocycles. The average Bonchev–Trinajstić information content (AvgIpc) is 3.13. The number of benzene rings is 2. The summed E-state index contributed by atoms with van der Waals surface area (Å²) in [6, 6.07) is 14.2. The number of aliphatic imine (C=N–C) groups is 1. The first-order valence-electron chi connectivity index (χ1n) is 8.43. The van der Waals surface area contributed by atoms with Gasteiger partial charge in [0, 0.05) is 29.7 Å². The van der Waals surface area contributed by atoms with Crippen LogP contribution in [-0.4, -0.2) is 15.6 Å². The van der Waals surface area contributed by atoms with Crippen molar-refractivity contribution in [2.75, 3.05) is 0 Å². The predicted molar refractivity (Wildman–Crippen MR) is 110 cm³/mol. The van der Waals surface area contributed by atoms with Crippen LogP contribution in [0.25, 0.3) is 17.0 Å². The third kappa shape index (κ3) is 2.95. The van der Waals surface area contributed by atoms with Crippen LogP contribution >= 0.6 is 11.8 Å². The molecule has 4 rings (SSSR count). The summed E-state index contributed by atoms with van der Waals surface area (Å²) in [6.07, 6.45) is 3.99. The molecule has 5 heteroatoms. The molecule has 1 N–H and O–H groups in total. The molecule has 1 aliphatic heterocycles. The minimum Gasteiger partial charge on any atom is -0.350 e. The highest BCUT2D eigenvalue weighted by atomic mass is 32.2. The zero-order valence-corrected chi connectivity index (χ0v) is 15.7. The number of hydrogen-bond donors (Lipinski definition) is 1. The molecule has 1 amide bonds. The second kappa shape index (κ2) is 6.50. The van der Waals surface area contributed by atoms with Gasteiger partial charge in [0.1, 0.15) is 0 Å². The van der Waals surface area contributed by atoms with Crippen molar-refractivity contribution in [2.45, 2.75) is 13.8 Å². The smallest absolute Gasteiger partial charge is 0.264 e. The summed E-state index contributed by atoms with van der Waals surface area (Å²) in [6.45, 7) is 4.11. The summed E-state index contributed by atoms with van der Waals surface area (Å²) in [4.78, 5) is 17.7. The normalized spacial score (nSPS) is 17.4. The van der Waals surface area contributed by atoms with E-state index >= 15 is 0 Å². The maximum absolute atomic E-state index is 12.4. The van der Waals surface area contributed by atoms with E-state index in [0.29, 0.717) is 10.1 Å². The van der Waals surface area contributed by atoms with Gasteiger partial charge in [0.25, 0.3) is 5.91 Å². The number of hydrogen-bond acceptors (Lipinski definition) is 3. The highest BCUT2D eigenvalue weighted by Gasteiger charge is 2.24. The maximum Gasteiger partial charge on any atom is 0.264 e. The van der Waals surface area contributed by atoms with Crippen LogP contribution in [0.15, 0.2) is 58.6 Å². The molecule has 26 heavy (non-hydrogen) atoms. The Hall–Kier alpha value is -2.79. The fraction of sp³-hybridized carbons (Fsp3) is 0.143. The molecule has 0 atom stereocenters. The van der Waals surface area contributed by atoms with E-state index in [1.807, 2.05) is 50.5 Å². The summed E-state index contributed by atoms with van der Waals surface area (Å²) in [5.41, 5.74) is 5.38. The van der Waals surface area contributed by atoms with Gasteiger partial charge < -0.3 is 9.88 Å². The number of nitrogens with one attached hydrogen (secondary N) is 1. The third-order valence-electron chi connectivity index (χ3n) is 4.66. The fourth-order valence-corrected chi connectivity index (χ4v) is 3.90. The standard InChI is InChI=1S/C21H19N3OS/c1-13-7-6-9-17(14(13)2)22-21-23-20(25)19(26-21)11-15-12-24(3)18-10-5-4-8-16(15)18/h4-12H,1-3H3,(H,22,23,25)/b19-11-. The monoisotopic (exact) mass is 361 g/mol. The number of amidine groups is 1. The average molecular weight is 361 g/mol. The zero-order valence-electron chi connectivity index (χ0n) is 14.9. The van der Waals surface area contributed by atoms with Crippen molar-refractivity contribution in [3.63, 3.8) is 0 Å². The van der Waals surface area contributed by atoms with Crippen molar-refractivity contribution < 1.29 is 4.79 Å². The van der Waals surface area contributed by atoms with Gasteiger partial charge in [-0.2, -0.15) is 0 Å². The predicted octanol–water partition coefficient (Wildman–Crippen LogP) is 4.69. The Morgan fingerprint density at radius 2 is 1.92 bits per heavy atom. The number of fused-ring (bicyclic) bond motifs is 1. The van der Waals surface area contributed by atoms with Crippen molar-refractivity contribution in [3.8, 4) is 0 Å². The van der Waals surface area contributed by atoms with Gasteiger partial charge in [-0.05, 0) is 54.9 Å². The number of para-hydroxylation sites is 1. The van der Waals surface area contributed by atoms with E-state index in [9.17, 15) is 4.79 Å². The molecule has 1 saturated heterocycles. The molecule has 2 aromatic carbocycles. The molecule has 0 aliphatic carbocycles. The topological polar surface area (TPSA) is 46.4 Å². The van der Waals surface area contributed by atoms with E-state index in [-0.39, 0.29) is 5.91 Å². The molecular formula is C21H19N3OS. The Kier molecular flexibility index (Phi) is 4.17. The van der Waals surface area contributed by atoms with Gasteiger partial charge in [-0.3, -0.25) is 4.79 Å². The molecule has 0 unspecified atom stereocenters. The molecular weight excluding hydrogens is 342 g/mol. The van der Waals surface area contributed by atoms with Gasteiger partial charge >= 0.3 is 0 Å². The van der Waals surface area contributed by atoms with Crippen molar-refractivity contribution in [1.82, 2.24) is 9.88 Å². The van der Waals surface area contributed by atoms with E-state index in [4.69, 9.17) is 0 Å². The second-order valence-electron chi connectivity index (χ2n) is 6.41. The summed E-state index contributed by atoms with van der Waals surface area (Å²) in [5, 5.41) is 4.63. The lowest BCUT2D eigenvalue weighted by atomic mass is 10.1. The third-order valence-corrected chi connectivity index (χ3v) is 5.57. The van der Waals surface area contributed by atoms with Crippen molar-refractivity contribution in [3.05, 3.63) is 70.3 Å². The quantitative estimate of drug-likeness (QED) is 0.673. The van der Waals surface area contributed by atoms with Gasteiger partial charge in [0.2, 0.25) is 0 Å². The largest absolute Gasteiger partial charge is 0.350 e. The SMILES string of the molecule is Cc1cccc(N=C2NC(=O)/C(=C/c3cn(C)c4ccccc34)S2)c1C. The number of amides is 1. The number of aryl methyl sites for hydroxylation is 2. The van der Waals surface area contributed by atoms with Gasteiger partial charge in [0.05, 0.1) is 10.6 Å². The zero-order chi connectivity index (χ0) is 18.3. The van der Waals surface area contributed by atoms with E-state index in [2.05, 4.69) is 40.0 Å². The Balaban J connectivity index is 1.69. The molecule has 0 radical (unpaired) electrons. The van der Waals surface area contributed by atoms with Gasteiger partial charge in [-0.15, -0.1) is 0 Å². The van der Waals surface area contributed by atoms with E-state index in [1.54, 1.807) is 0 Å². The molecule has 1 aliphatic rings. The fourth-order valence-electron chi connectivity index (χ4n) is 3.08. The van der Waals surface area contributed by atoms with Gasteiger partial charge in [0.15, 0.2) is 5.17 Å². The van der Waals surface area contributed by atoms with Gasteiger partial charge in [-0.1, -0.05) is 30.3 Å². The van der Waals surface area contributed by atoms with Crippen LogP contribution < -0.4 is 5.32 Å². The summed E-state index contributed by atoms with van der Waals surface area (Å²) >= 11 is 1.38. The first kappa shape index (κ1) is 16.7. The highest BCUT2D eigenvalue weighted by Crippen LogP contribution is 2.31. The van der Waals surface area contributed by atoms with Crippen LogP contribution in [0.3, 0.4) is 0 Å². The van der Waals surface area contributed by atoms with E-state index < -0.39 is 0 Å². The van der Waals surface area contributed by atoms with E-state index in [0.717, 1.165) is 27.7 Å². The lowest BCUT2D eigenvalue weighted by Crippen LogP contribution is -2.19. The number of rotatable bonds is 2. The molecule has 0 bridgehead atoms. The van der Waals surface area contributed by atoms with E-state index in [1.165, 1.54) is 17.3 Å². The summed E-state index contributed by atoms with van der Waals surface area (Å²) in [7, 11) is 2.01. The van der Waals surface area contributed by atoms with Crippen LogP contribution in [0.4, 0.5) is 5.69 Å². The summed E-state index contributed by atoms with van der Waals surface area (Å²) in [5.74, 6) is -0.105. The molecule has 1 fully saturated rings. The lowest BCUT2D eigenvalue weighted by molar-refractivity contribution is -0.115. The van der Waals surface area contributed by atoms with Crippen molar-refractivity contribution in [1.29, 1.82) is 0 Å². The van der Waals surface area contributed by atoms with Crippen molar-refractivity contribution >= 4 is 45.5 Å². The lowest BCUT2D eigenvalue weighted by Gasteiger charge is -2.04. The number of carbonyl (C=O) groups is 1. The Morgan fingerprint density at radius 1 is 1.12 bits per heavy atom. The first-order valence-corrected chi connectivity index (χ1v) is 9.24. The Bertz CT molecular complexity index is 1090. The Morgan fingerprint density at radius 3 is 2.77 bits per heavy atom. The first-order chi connectivity index (χ1) is 12.5. The van der Waals surface area contributed by atoms with Crippen LogP contribution in [0.1, 0.15) is 16.7 Å². The molecule has 2 heterocycles. The molecule has 0 spiro atoms. The number of carbonyl (C=O) groups excluding carboxylic acids is 1.